The first-order valence-electron chi connectivity index (χ1n) is 8.81. The number of fused-ring (bicyclic) bond motifs is 3. The Kier molecular flexibility index (Phi) is 4.14. The molecule has 0 aliphatic heterocycles. The summed E-state index contributed by atoms with van der Waals surface area (Å²) in [6, 6.07) is 18.9. The largest absolute Gasteiger partial charge is 0.496 e. The van der Waals surface area contributed by atoms with E-state index in [-0.39, 0.29) is 0 Å². The van der Waals surface area contributed by atoms with Crippen LogP contribution in [0.15, 0.2) is 60.8 Å². The number of aromatic nitrogens is 2. The molecule has 126 valence electrons. The molecule has 25 heavy (non-hydrogen) atoms. The number of rotatable bonds is 5. The summed E-state index contributed by atoms with van der Waals surface area (Å²) in [6.07, 6.45) is 5.04. The van der Waals surface area contributed by atoms with Crippen LogP contribution in [-0.4, -0.2) is 16.5 Å². The fraction of sp³-hybridized carbons (Fsp3) is 0.227. The lowest BCUT2D eigenvalue weighted by atomic mass is 10.1. The number of nitrogens with zero attached hydrogens (tertiary/aromatic N) is 2. The molecule has 0 aliphatic rings. The zero-order valence-corrected chi connectivity index (χ0v) is 14.7. The minimum Gasteiger partial charge on any atom is -0.496 e. The van der Waals surface area contributed by atoms with Crippen LogP contribution in [0, 0.1) is 0 Å². The monoisotopic (exact) mass is 330 g/mol. The zero-order valence-electron chi connectivity index (χ0n) is 14.7. The molecule has 0 saturated carbocycles. The highest BCUT2D eigenvalue weighted by Crippen LogP contribution is 2.27. The normalized spacial score (nSPS) is 11.3. The second-order valence-corrected chi connectivity index (χ2v) is 6.34. The van der Waals surface area contributed by atoms with Crippen LogP contribution in [0.1, 0.15) is 30.3 Å². The van der Waals surface area contributed by atoms with Crippen molar-refractivity contribution in [2.75, 3.05) is 7.11 Å². The zero-order chi connectivity index (χ0) is 17.2. The molecule has 0 atom stereocenters. The van der Waals surface area contributed by atoms with E-state index in [4.69, 9.17) is 9.72 Å². The van der Waals surface area contributed by atoms with E-state index in [1.165, 1.54) is 27.7 Å². The standard InChI is InChI=1S/C22H22N2O/c1-3-8-19-20(15-17-10-5-7-12-21(17)25-2)24-14-13-16-9-4-6-11-18(16)22(24)23-19/h4-7,9-14H,3,8,15H2,1-2H3. The Labute approximate surface area is 147 Å². The molecule has 0 spiro atoms. The summed E-state index contributed by atoms with van der Waals surface area (Å²) in [5, 5.41) is 2.43. The molecule has 0 aliphatic carbocycles. The Morgan fingerprint density at radius 3 is 2.64 bits per heavy atom. The van der Waals surface area contributed by atoms with E-state index in [9.17, 15) is 0 Å². The molecular formula is C22H22N2O. The fourth-order valence-electron chi connectivity index (χ4n) is 3.52. The van der Waals surface area contributed by atoms with Gasteiger partial charge in [-0.2, -0.15) is 0 Å². The summed E-state index contributed by atoms with van der Waals surface area (Å²) < 4.78 is 7.80. The van der Waals surface area contributed by atoms with E-state index in [0.717, 1.165) is 30.7 Å². The van der Waals surface area contributed by atoms with Crippen LogP contribution in [-0.2, 0) is 12.8 Å². The van der Waals surface area contributed by atoms with Crippen LogP contribution in [0.4, 0.5) is 0 Å². The van der Waals surface area contributed by atoms with E-state index >= 15 is 0 Å². The van der Waals surface area contributed by atoms with E-state index in [2.05, 4.69) is 60.0 Å². The molecule has 0 fully saturated rings. The van der Waals surface area contributed by atoms with E-state index < -0.39 is 0 Å². The van der Waals surface area contributed by atoms with Gasteiger partial charge in [0.2, 0.25) is 0 Å². The SMILES string of the molecule is CCCc1nc2c3ccccc3ccn2c1Cc1ccccc1OC. The van der Waals surface area contributed by atoms with Crippen LogP contribution >= 0.6 is 0 Å². The molecule has 4 aromatic rings. The first kappa shape index (κ1) is 15.7. The van der Waals surface area contributed by atoms with Crippen molar-refractivity contribution >= 4 is 16.4 Å². The van der Waals surface area contributed by atoms with Crippen molar-refractivity contribution < 1.29 is 4.74 Å². The number of methoxy groups -OCH3 is 1. The topological polar surface area (TPSA) is 26.5 Å². The maximum atomic E-state index is 5.55. The predicted molar refractivity (Wildman–Crippen MR) is 102 cm³/mol. The van der Waals surface area contributed by atoms with E-state index in [1.807, 2.05) is 12.1 Å². The number of ether oxygens (including phenoxy) is 1. The lowest BCUT2D eigenvalue weighted by Gasteiger charge is -2.10. The minimum absolute atomic E-state index is 0.818. The van der Waals surface area contributed by atoms with Gasteiger partial charge in [0, 0.05) is 23.6 Å². The third-order valence-electron chi connectivity index (χ3n) is 4.74. The quantitative estimate of drug-likeness (QED) is 0.512. The van der Waals surface area contributed by atoms with Crippen molar-refractivity contribution in [1.29, 1.82) is 0 Å². The maximum Gasteiger partial charge on any atom is 0.145 e. The maximum absolute atomic E-state index is 5.55. The Morgan fingerprint density at radius 1 is 1.00 bits per heavy atom. The van der Waals surface area contributed by atoms with Gasteiger partial charge in [0.15, 0.2) is 0 Å². The van der Waals surface area contributed by atoms with Crippen molar-refractivity contribution in [3.8, 4) is 5.75 Å². The number of para-hydroxylation sites is 1. The van der Waals surface area contributed by atoms with Crippen LogP contribution in [0.5, 0.6) is 5.75 Å². The van der Waals surface area contributed by atoms with Gasteiger partial charge in [-0.25, -0.2) is 4.98 Å². The second-order valence-electron chi connectivity index (χ2n) is 6.34. The highest BCUT2D eigenvalue weighted by atomic mass is 16.5. The van der Waals surface area contributed by atoms with Gasteiger partial charge in [-0.3, -0.25) is 0 Å². The van der Waals surface area contributed by atoms with E-state index in [1.54, 1.807) is 7.11 Å². The Hall–Kier alpha value is -2.81. The molecule has 0 saturated heterocycles. The summed E-state index contributed by atoms with van der Waals surface area (Å²) in [6.45, 7) is 2.20. The molecule has 3 nitrogen and oxygen atoms in total. The summed E-state index contributed by atoms with van der Waals surface area (Å²) in [5.74, 6) is 0.931. The summed E-state index contributed by atoms with van der Waals surface area (Å²) in [7, 11) is 1.73. The average Bonchev–Trinajstić information content (AvgIpc) is 3.00. The highest BCUT2D eigenvalue weighted by Gasteiger charge is 2.15. The van der Waals surface area contributed by atoms with Crippen molar-refractivity contribution in [2.45, 2.75) is 26.2 Å². The first-order chi connectivity index (χ1) is 12.3. The Morgan fingerprint density at radius 2 is 1.80 bits per heavy atom. The van der Waals surface area contributed by atoms with Gasteiger partial charge >= 0.3 is 0 Å². The lowest BCUT2D eigenvalue weighted by Crippen LogP contribution is -2.00. The van der Waals surface area contributed by atoms with Crippen LogP contribution in [0.3, 0.4) is 0 Å². The van der Waals surface area contributed by atoms with Crippen molar-refractivity contribution in [2.24, 2.45) is 0 Å². The summed E-state index contributed by atoms with van der Waals surface area (Å²) in [5.41, 5.74) is 4.68. The highest BCUT2D eigenvalue weighted by molar-refractivity contribution is 5.94. The van der Waals surface area contributed by atoms with Crippen LogP contribution in [0.25, 0.3) is 16.4 Å². The molecule has 0 N–H and O–H groups in total. The lowest BCUT2D eigenvalue weighted by molar-refractivity contribution is 0.410. The molecule has 0 bridgehead atoms. The molecule has 4 rings (SSSR count). The molecule has 2 aromatic carbocycles. The van der Waals surface area contributed by atoms with Gasteiger partial charge in [0.25, 0.3) is 0 Å². The number of pyridine rings is 1. The Bertz CT molecular complexity index is 1030. The third kappa shape index (κ3) is 2.76. The number of hydrogen-bond acceptors (Lipinski definition) is 2. The van der Waals surface area contributed by atoms with Crippen LogP contribution in [0.2, 0.25) is 0 Å². The average molecular weight is 330 g/mol. The Balaban J connectivity index is 1.92. The third-order valence-corrected chi connectivity index (χ3v) is 4.74. The smallest absolute Gasteiger partial charge is 0.145 e. The molecule has 2 aromatic heterocycles. The van der Waals surface area contributed by atoms with Crippen molar-refractivity contribution in [1.82, 2.24) is 9.38 Å². The molecule has 0 radical (unpaired) electrons. The summed E-state index contributed by atoms with van der Waals surface area (Å²) in [4.78, 5) is 5.00. The number of aryl methyl sites for hydroxylation is 1. The van der Waals surface area contributed by atoms with Crippen molar-refractivity contribution in [3.05, 3.63) is 77.7 Å². The van der Waals surface area contributed by atoms with Gasteiger partial charge < -0.3 is 9.14 Å². The van der Waals surface area contributed by atoms with Gasteiger partial charge in [-0.15, -0.1) is 0 Å². The fourth-order valence-corrected chi connectivity index (χ4v) is 3.52. The molecular weight excluding hydrogens is 308 g/mol. The predicted octanol–water partition coefficient (Wildman–Crippen LogP) is 5.04. The van der Waals surface area contributed by atoms with Gasteiger partial charge in [-0.1, -0.05) is 55.8 Å². The van der Waals surface area contributed by atoms with Crippen LogP contribution < -0.4 is 4.74 Å². The molecule has 0 amide bonds. The second kappa shape index (κ2) is 6.60. The molecule has 0 unspecified atom stereocenters. The van der Waals surface area contributed by atoms with E-state index in [0.29, 0.717) is 0 Å². The van der Waals surface area contributed by atoms with Gasteiger partial charge in [-0.05, 0) is 23.9 Å². The van der Waals surface area contributed by atoms with Gasteiger partial charge in [0.05, 0.1) is 18.5 Å². The number of benzene rings is 2. The number of hydrogen-bond donors (Lipinski definition) is 0. The molecule has 3 heteroatoms. The summed E-state index contributed by atoms with van der Waals surface area (Å²) >= 11 is 0. The number of imidazole rings is 1. The molecule has 2 heterocycles. The van der Waals surface area contributed by atoms with Crippen molar-refractivity contribution in [3.63, 3.8) is 0 Å². The van der Waals surface area contributed by atoms with Gasteiger partial charge in [0.1, 0.15) is 11.4 Å². The minimum atomic E-state index is 0.818. The first-order valence-corrected chi connectivity index (χ1v) is 8.81.